The van der Waals surface area contributed by atoms with E-state index < -0.39 is 5.91 Å². The molecule has 0 atom stereocenters. The molecule has 0 aromatic rings. The van der Waals surface area contributed by atoms with E-state index in [1.807, 2.05) is 0 Å². The smallest absolute Gasteiger partial charge is 0.234 e. The first-order valence-electron chi connectivity index (χ1n) is 8.58. The molecule has 2 aliphatic rings. The predicted molar refractivity (Wildman–Crippen MR) is 87.9 cm³/mol. The lowest BCUT2D eigenvalue weighted by atomic mass is 9.79. The van der Waals surface area contributed by atoms with Gasteiger partial charge in [0.25, 0.3) is 0 Å². The molecule has 0 spiro atoms. The van der Waals surface area contributed by atoms with E-state index in [1.165, 1.54) is 19.3 Å². The zero-order valence-corrected chi connectivity index (χ0v) is 14.2. The SMILES string of the molecule is CN(CC(N)=O)CC(=O)NCC1(N2CCOCC2)CCCCC1. The Hall–Kier alpha value is -1.18. The fourth-order valence-electron chi connectivity index (χ4n) is 3.74. The van der Waals surface area contributed by atoms with Gasteiger partial charge in [0.2, 0.25) is 11.8 Å². The van der Waals surface area contributed by atoms with Gasteiger partial charge in [0.05, 0.1) is 26.3 Å². The van der Waals surface area contributed by atoms with Crippen molar-refractivity contribution in [2.45, 2.75) is 37.6 Å². The summed E-state index contributed by atoms with van der Waals surface area (Å²) in [4.78, 5) is 27.2. The first kappa shape index (κ1) is 18.2. The van der Waals surface area contributed by atoms with Crippen LogP contribution in [0.3, 0.4) is 0 Å². The second-order valence-electron chi connectivity index (χ2n) is 6.80. The molecule has 23 heavy (non-hydrogen) atoms. The molecule has 7 nitrogen and oxygen atoms in total. The van der Waals surface area contributed by atoms with Gasteiger partial charge < -0.3 is 15.8 Å². The molecule has 1 aliphatic heterocycles. The van der Waals surface area contributed by atoms with E-state index >= 15 is 0 Å². The third-order valence-electron chi connectivity index (χ3n) is 4.92. The van der Waals surface area contributed by atoms with Crippen molar-refractivity contribution in [3.05, 3.63) is 0 Å². The molecule has 2 fully saturated rings. The highest BCUT2D eigenvalue weighted by Crippen LogP contribution is 2.33. The molecule has 1 aliphatic carbocycles. The molecule has 0 bridgehead atoms. The van der Waals surface area contributed by atoms with E-state index in [0.717, 1.165) is 39.1 Å². The summed E-state index contributed by atoms with van der Waals surface area (Å²) >= 11 is 0. The third-order valence-corrected chi connectivity index (χ3v) is 4.92. The van der Waals surface area contributed by atoms with Gasteiger partial charge in [-0.3, -0.25) is 19.4 Å². The molecular weight excluding hydrogens is 296 g/mol. The van der Waals surface area contributed by atoms with E-state index in [-0.39, 0.29) is 24.5 Å². The Morgan fingerprint density at radius 2 is 1.83 bits per heavy atom. The normalized spacial score (nSPS) is 22.0. The summed E-state index contributed by atoms with van der Waals surface area (Å²) < 4.78 is 5.47. The maximum atomic E-state index is 12.2. The van der Waals surface area contributed by atoms with Crippen LogP contribution in [0.25, 0.3) is 0 Å². The molecule has 0 aromatic carbocycles. The minimum atomic E-state index is -0.419. The second-order valence-corrected chi connectivity index (χ2v) is 6.80. The second kappa shape index (κ2) is 8.61. The van der Waals surface area contributed by atoms with Crippen LogP contribution in [0.15, 0.2) is 0 Å². The fraction of sp³-hybridized carbons (Fsp3) is 0.875. The lowest BCUT2D eigenvalue weighted by Gasteiger charge is -2.48. The van der Waals surface area contributed by atoms with Crippen molar-refractivity contribution in [1.82, 2.24) is 15.1 Å². The summed E-state index contributed by atoms with van der Waals surface area (Å²) in [5.41, 5.74) is 5.22. The van der Waals surface area contributed by atoms with Gasteiger partial charge in [-0.05, 0) is 19.9 Å². The number of hydrogen-bond acceptors (Lipinski definition) is 5. The van der Waals surface area contributed by atoms with Crippen LogP contribution in [0, 0.1) is 0 Å². The number of nitrogens with zero attached hydrogens (tertiary/aromatic N) is 2. The monoisotopic (exact) mass is 326 g/mol. The van der Waals surface area contributed by atoms with E-state index in [4.69, 9.17) is 10.5 Å². The largest absolute Gasteiger partial charge is 0.379 e. The van der Waals surface area contributed by atoms with Crippen molar-refractivity contribution >= 4 is 11.8 Å². The summed E-state index contributed by atoms with van der Waals surface area (Å²) in [5, 5.41) is 3.08. The molecule has 7 heteroatoms. The number of nitrogens with one attached hydrogen (secondary N) is 1. The molecule has 1 heterocycles. The Morgan fingerprint density at radius 3 is 2.43 bits per heavy atom. The maximum absolute atomic E-state index is 12.2. The number of morpholine rings is 1. The topological polar surface area (TPSA) is 87.9 Å². The molecule has 2 amide bonds. The van der Waals surface area contributed by atoms with Gasteiger partial charge in [-0.2, -0.15) is 0 Å². The van der Waals surface area contributed by atoms with E-state index in [2.05, 4.69) is 10.2 Å². The van der Waals surface area contributed by atoms with Crippen LogP contribution in [0.2, 0.25) is 0 Å². The predicted octanol–water partition coefficient (Wildman–Crippen LogP) is -0.445. The Kier molecular flexibility index (Phi) is 6.80. The minimum absolute atomic E-state index is 0.0491. The Balaban J connectivity index is 1.87. The Morgan fingerprint density at radius 1 is 1.17 bits per heavy atom. The van der Waals surface area contributed by atoms with Gasteiger partial charge in [0, 0.05) is 25.2 Å². The maximum Gasteiger partial charge on any atom is 0.234 e. The van der Waals surface area contributed by atoms with Crippen LogP contribution >= 0.6 is 0 Å². The van der Waals surface area contributed by atoms with Crippen molar-refractivity contribution < 1.29 is 14.3 Å². The van der Waals surface area contributed by atoms with Crippen LogP contribution in [-0.2, 0) is 14.3 Å². The van der Waals surface area contributed by atoms with Gasteiger partial charge in [0.1, 0.15) is 0 Å². The zero-order valence-electron chi connectivity index (χ0n) is 14.2. The number of likely N-dealkylation sites (N-methyl/N-ethyl adjacent to an activating group) is 1. The average Bonchev–Trinajstić information content (AvgIpc) is 2.54. The number of nitrogens with two attached hydrogens (primary N) is 1. The summed E-state index contributed by atoms with van der Waals surface area (Å²) in [7, 11) is 1.72. The van der Waals surface area contributed by atoms with Crippen LogP contribution in [0.1, 0.15) is 32.1 Å². The number of primary amides is 1. The zero-order chi connectivity index (χ0) is 16.7. The average molecular weight is 326 g/mol. The standard InChI is InChI=1S/C16H30N4O3/c1-19(11-14(17)21)12-15(22)18-13-16(5-3-2-4-6-16)20-7-9-23-10-8-20/h2-13H2,1H3,(H2,17,21)(H,18,22). The molecule has 132 valence electrons. The first-order chi connectivity index (χ1) is 11.0. The van der Waals surface area contributed by atoms with Crippen molar-refractivity contribution in [3.8, 4) is 0 Å². The van der Waals surface area contributed by atoms with Crippen LogP contribution in [0.4, 0.5) is 0 Å². The lowest BCUT2D eigenvalue weighted by molar-refractivity contribution is -0.124. The van der Waals surface area contributed by atoms with Gasteiger partial charge >= 0.3 is 0 Å². The van der Waals surface area contributed by atoms with Gasteiger partial charge in [0.15, 0.2) is 0 Å². The molecule has 1 saturated carbocycles. The minimum Gasteiger partial charge on any atom is -0.379 e. The summed E-state index contributed by atoms with van der Waals surface area (Å²) in [6.45, 7) is 4.41. The summed E-state index contributed by atoms with van der Waals surface area (Å²) in [6.07, 6.45) is 5.97. The molecular formula is C16H30N4O3. The number of carbonyl (C=O) groups excluding carboxylic acids is 2. The van der Waals surface area contributed by atoms with E-state index in [1.54, 1.807) is 11.9 Å². The first-order valence-corrected chi connectivity index (χ1v) is 8.58. The molecule has 0 aromatic heterocycles. The molecule has 0 unspecified atom stereocenters. The molecule has 1 saturated heterocycles. The van der Waals surface area contributed by atoms with Gasteiger partial charge in [-0.25, -0.2) is 0 Å². The van der Waals surface area contributed by atoms with Crippen LogP contribution in [0.5, 0.6) is 0 Å². The quantitative estimate of drug-likeness (QED) is 0.662. The number of ether oxygens (including phenoxy) is 1. The lowest BCUT2D eigenvalue weighted by Crippen LogP contribution is -2.60. The Labute approximate surface area is 138 Å². The van der Waals surface area contributed by atoms with Gasteiger partial charge in [-0.1, -0.05) is 19.3 Å². The van der Waals surface area contributed by atoms with Crippen molar-refractivity contribution in [1.29, 1.82) is 0 Å². The summed E-state index contributed by atoms with van der Waals surface area (Å²) in [5.74, 6) is -0.468. The molecule has 2 rings (SSSR count). The number of rotatable bonds is 7. The molecule has 3 N–H and O–H groups in total. The highest BCUT2D eigenvalue weighted by Gasteiger charge is 2.38. The molecule has 0 radical (unpaired) electrons. The van der Waals surface area contributed by atoms with Crippen molar-refractivity contribution in [2.24, 2.45) is 5.73 Å². The van der Waals surface area contributed by atoms with Gasteiger partial charge in [-0.15, -0.1) is 0 Å². The van der Waals surface area contributed by atoms with E-state index in [9.17, 15) is 9.59 Å². The highest BCUT2D eigenvalue weighted by atomic mass is 16.5. The fourth-order valence-corrected chi connectivity index (χ4v) is 3.74. The van der Waals surface area contributed by atoms with Crippen LogP contribution in [-0.4, -0.2) is 80.1 Å². The Bertz CT molecular complexity index is 404. The van der Waals surface area contributed by atoms with Crippen molar-refractivity contribution in [3.63, 3.8) is 0 Å². The number of hydrogen-bond donors (Lipinski definition) is 2. The van der Waals surface area contributed by atoms with Crippen LogP contribution < -0.4 is 11.1 Å². The third kappa shape index (κ3) is 5.44. The highest BCUT2D eigenvalue weighted by molar-refractivity contribution is 5.80. The number of amides is 2. The summed E-state index contributed by atoms with van der Waals surface area (Å²) in [6, 6.07) is 0. The van der Waals surface area contributed by atoms with E-state index in [0.29, 0.717) is 6.54 Å². The van der Waals surface area contributed by atoms with Crippen molar-refractivity contribution in [2.75, 3.05) is 53.0 Å². The number of carbonyl (C=O) groups is 2.